The maximum atomic E-state index is 9.22. The average Bonchev–Trinajstić information content (AvgIpc) is 2.16. The van der Waals surface area contributed by atoms with Crippen LogP contribution in [0.4, 0.5) is 0 Å². The van der Waals surface area contributed by atoms with Gasteiger partial charge in [-0.1, -0.05) is 13.8 Å². The average molecular weight is 206 g/mol. The first-order valence-electron chi connectivity index (χ1n) is 5.00. The third kappa shape index (κ3) is 4.91. The molecule has 0 aromatic carbocycles. The van der Waals surface area contributed by atoms with E-state index in [9.17, 15) is 10.2 Å². The highest BCUT2D eigenvalue weighted by Gasteiger charge is 2.30. The van der Waals surface area contributed by atoms with Gasteiger partial charge in [-0.25, -0.2) is 0 Å². The van der Waals surface area contributed by atoms with Gasteiger partial charge in [-0.05, 0) is 12.3 Å². The van der Waals surface area contributed by atoms with Crippen molar-refractivity contribution in [2.24, 2.45) is 11.3 Å². The normalized spacial score (nSPS) is 12.4. The molecular formula is C10H22O4. The number of hydrogen-bond donors (Lipinski definition) is 3. The van der Waals surface area contributed by atoms with Crippen molar-refractivity contribution in [2.75, 3.05) is 33.0 Å². The second kappa shape index (κ2) is 7.17. The molecular weight excluding hydrogens is 184 g/mol. The summed E-state index contributed by atoms with van der Waals surface area (Å²) in [6.07, 6.45) is 0.714. The summed E-state index contributed by atoms with van der Waals surface area (Å²) < 4.78 is 5.16. The van der Waals surface area contributed by atoms with E-state index < -0.39 is 5.41 Å². The van der Waals surface area contributed by atoms with Crippen molar-refractivity contribution in [3.05, 3.63) is 0 Å². The first-order chi connectivity index (χ1) is 6.60. The molecule has 4 heteroatoms. The fourth-order valence-electron chi connectivity index (χ4n) is 1.55. The minimum absolute atomic E-state index is 0.0331. The molecule has 0 unspecified atom stereocenters. The lowest BCUT2D eigenvalue weighted by molar-refractivity contribution is -0.0456. The molecule has 14 heavy (non-hydrogen) atoms. The van der Waals surface area contributed by atoms with Gasteiger partial charge in [0, 0.05) is 5.41 Å². The van der Waals surface area contributed by atoms with Crippen LogP contribution in [0.3, 0.4) is 0 Å². The van der Waals surface area contributed by atoms with Crippen LogP contribution in [0.5, 0.6) is 0 Å². The van der Waals surface area contributed by atoms with Crippen molar-refractivity contribution in [2.45, 2.75) is 20.3 Å². The quantitative estimate of drug-likeness (QED) is 0.489. The SMILES string of the molecule is CC(C)CC(CO)(CO)COCCO. The lowest BCUT2D eigenvalue weighted by Crippen LogP contribution is -2.36. The van der Waals surface area contributed by atoms with E-state index in [1.165, 1.54) is 0 Å². The maximum absolute atomic E-state index is 9.22. The molecule has 0 aromatic rings. The summed E-state index contributed by atoms with van der Waals surface area (Å²) in [6, 6.07) is 0. The van der Waals surface area contributed by atoms with E-state index in [2.05, 4.69) is 0 Å². The van der Waals surface area contributed by atoms with Crippen molar-refractivity contribution in [1.82, 2.24) is 0 Å². The van der Waals surface area contributed by atoms with Gasteiger partial charge in [0.2, 0.25) is 0 Å². The molecule has 0 rings (SSSR count). The number of ether oxygens (including phenoxy) is 1. The first-order valence-corrected chi connectivity index (χ1v) is 5.00. The van der Waals surface area contributed by atoms with Gasteiger partial charge in [-0.2, -0.15) is 0 Å². The van der Waals surface area contributed by atoms with Gasteiger partial charge < -0.3 is 20.1 Å². The molecule has 0 bridgehead atoms. The molecule has 86 valence electrons. The summed E-state index contributed by atoms with van der Waals surface area (Å²) in [5, 5.41) is 27.0. The Morgan fingerprint density at radius 1 is 1.14 bits per heavy atom. The van der Waals surface area contributed by atoms with Crippen LogP contribution in [0.15, 0.2) is 0 Å². The molecule has 4 nitrogen and oxygen atoms in total. The number of aliphatic hydroxyl groups excluding tert-OH is 3. The van der Waals surface area contributed by atoms with Gasteiger partial charge in [-0.15, -0.1) is 0 Å². The van der Waals surface area contributed by atoms with Crippen molar-refractivity contribution >= 4 is 0 Å². The Balaban J connectivity index is 4.07. The molecule has 0 saturated heterocycles. The summed E-state index contributed by atoms with van der Waals surface area (Å²) >= 11 is 0. The second-order valence-corrected chi connectivity index (χ2v) is 4.19. The molecule has 0 aliphatic carbocycles. The fraction of sp³-hybridized carbons (Fsp3) is 1.00. The van der Waals surface area contributed by atoms with Crippen LogP contribution >= 0.6 is 0 Å². The van der Waals surface area contributed by atoms with Gasteiger partial charge in [0.05, 0.1) is 33.0 Å². The molecule has 0 atom stereocenters. The van der Waals surface area contributed by atoms with E-state index in [1.807, 2.05) is 13.8 Å². The van der Waals surface area contributed by atoms with Crippen LogP contribution in [0.25, 0.3) is 0 Å². The number of rotatable bonds is 8. The Hall–Kier alpha value is -0.160. The molecule has 0 radical (unpaired) electrons. The van der Waals surface area contributed by atoms with Crippen LogP contribution in [-0.4, -0.2) is 48.4 Å². The highest BCUT2D eigenvalue weighted by Crippen LogP contribution is 2.25. The topological polar surface area (TPSA) is 69.9 Å². The van der Waals surface area contributed by atoms with Crippen LogP contribution in [0.2, 0.25) is 0 Å². The molecule has 3 N–H and O–H groups in total. The van der Waals surface area contributed by atoms with Gasteiger partial charge >= 0.3 is 0 Å². The minimum atomic E-state index is -0.566. The molecule has 0 saturated carbocycles. The molecule has 0 aliphatic rings. The molecule has 0 aliphatic heterocycles. The molecule has 0 spiro atoms. The van der Waals surface area contributed by atoms with E-state index >= 15 is 0 Å². The first kappa shape index (κ1) is 13.8. The van der Waals surface area contributed by atoms with Crippen LogP contribution in [0.1, 0.15) is 20.3 Å². The zero-order valence-corrected chi connectivity index (χ0v) is 9.07. The van der Waals surface area contributed by atoms with Crippen molar-refractivity contribution in [3.8, 4) is 0 Å². The number of hydrogen-bond acceptors (Lipinski definition) is 4. The highest BCUT2D eigenvalue weighted by atomic mass is 16.5. The maximum Gasteiger partial charge on any atom is 0.0698 e. The minimum Gasteiger partial charge on any atom is -0.396 e. The lowest BCUT2D eigenvalue weighted by atomic mass is 9.82. The standard InChI is InChI=1S/C10H22O4/c1-9(2)5-10(6-12,7-13)8-14-4-3-11/h9,11-13H,3-8H2,1-2H3. The van der Waals surface area contributed by atoms with Crippen LogP contribution in [0, 0.1) is 11.3 Å². The van der Waals surface area contributed by atoms with E-state index in [4.69, 9.17) is 9.84 Å². The summed E-state index contributed by atoms with van der Waals surface area (Å²) in [5.41, 5.74) is -0.566. The summed E-state index contributed by atoms with van der Waals surface area (Å²) in [4.78, 5) is 0. The second-order valence-electron chi connectivity index (χ2n) is 4.19. The summed E-state index contributed by atoms with van der Waals surface area (Å²) in [7, 11) is 0. The smallest absolute Gasteiger partial charge is 0.0698 e. The third-order valence-electron chi connectivity index (χ3n) is 2.16. The Morgan fingerprint density at radius 2 is 1.71 bits per heavy atom. The Bertz CT molecular complexity index is 132. The number of aliphatic hydroxyl groups is 3. The van der Waals surface area contributed by atoms with E-state index in [1.54, 1.807) is 0 Å². The predicted octanol–water partition coefficient (Wildman–Crippen LogP) is 0.0124. The summed E-state index contributed by atoms with van der Waals surface area (Å²) in [5.74, 6) is 0.395. The van der Waals surface area contributed by atoms with Crippen molar-refractivity contribution in [1.29, 1.82) is 0 Å². The van der Waals surface area contributed by atoms with Gasteiger partial charge in [0.25, 0.3) is 0 Å². The molecule has 0 fully saturated rings. The van der Waals surface area contributed by atoms with E-state index in [0.717, 1.165) is 0 Å². The molecule has 0 heterocycles. The van der Waals surface area contributed by atoms with Crippen molar-refractivity contribution < 1.29 is 20.1 Å². The zero-order chi connectivity index (χ0) is 11.0. The Kier molecular flexibility index (Phi) is 7.09. The van der Waals surface area contributed by atoms with E-state index in [0.29, 0.717) is 18.9 Å². The monoisotopic (exact) mass is 206 g/mol. The molecule has 0 amide bonds. The van der Waals surface area contributed by atoms with Gasteiger partial charge in [0.15, 0.2) is 0 Å². The lowest BCUT2D eigenvalue weighted by Gasteiger charge is -2.31. The van der Waals surface area contributed by atoms with E-state index in [-0.39, 0.29) is 26.4 Å². The third-order valence-corrected chi connectivity index (χ3v) is 2.16. The highest BCUT2D eigenvalue weighted by molar-refractivity contribution is 4.78. The zero-order valence-electron chi connectivity index (χ0n) is 9.07. The predicted molar refractivity (Wildman–Crippen MR) is 54.0 cm³/mol. The van der Waals surface area contributed by atoms with Gasteiger partial charge in [0.1, 0.15) is 0 Å². The summed E-state index contributed by atoms with van der Waals surface area (Å²) in [6.45, 7) is 4.39. The molecule has 0 aromatic heterocycles. The van der Waals surface area contributed by atoms with Crippen molar-refractivity contribution in [3.63, 3.8) is 0 Å². The largest absolute Gasteiger partial charge is 0.396 e. The van der Waals surface area contributed by atoms with Crippen LogP contribution < -0.4 is 0 Å². The Morgan fingerprint density at radius 3 is 2.07 bits per heavy atom. The van der Waals surface area contributed by atoms with Gasteiger partial charge in [-0.3, -0.25) is 0 Å². The Labute approximate surface area is 85.5 Å². The van der Waals surface area contributed by atoms with Crippen LogP contribution in [-0.2, 0) is 4.74 Å². The fourth-order valence-corrected chi connectivity index (χ4v) is 1.55.